The predicted molar refractivity (Wildman–Crippen MR) is 69.0 cm³/mol. The first-order valence-electron chi connectivity index (χ1n) is 6.37. The number of hydrogen-bond donors (Lipinski definition) is 1. The molecule has 1 aromatic carbocycles. The molecule has 1 aromatic rings. The number of unbranched alkanes of at least 4 members (excludes halogenated alkanes) is 1. The lowest BCUT2D eigenvalue weighted by atomic mass is 10.2. The minimum absolute atomic E-state index is 0.120. The third-order valence-corrected chi connectivity index (χ3v) is 2.60. The van der Waals surface area contributed by atoms with E-state index in [9.17, 15) is 9.18 Å². The van der Waals surface area contributed by atoms with Gasteiger partial charge in [-0.25, -0.2) is 4.39 Å². The van der Waals surface area contributed by atoms with Crippen LogP contribution in [0, 0.1) is 5.82 Å². The van der Waals surface area contributed by atoms with Crippen LogP contribution in [0.5, 0.6) is 5.75 Å². The molecule has 0 radical (unpaired) electrons. The zero-order valence-electron chi connectivity index (χ0n) is 10.9. The van der Waals surface area contributed by atoms with Crippen molar-refractivity contribution in [1.29, 1.82) is 0 Å². The lowest BCUT2D eigenvalue weighted by Crippen LogP contribution is -2.38. The number of carbonyl (C=O) groups excluding carboxylic acids is 1. The molecule has 0 saturated carbocycles. The number of rotatable bonds is 7. The number of para-hydroxylation sites is 1. The van der Waals surface area contributed by atoms with Crippen LogP contribution >= 0.6 is 0 Å². The van der Waals surface area contributed by atoms with Crippen molar-refractivity contribution in [2.45, 2.75) is 39.2 Å². The van der Waals surface area contributed by atoms with Crippen molar-refractivity contribution in [2.24, 2.45) is 0 Å². The van der Waals surface area contributed by atoms with Crippen molar-refractivity contribution >= 4 is 5.91 Å². The van der Waals surface area contributed by atoms with E-state index in [0.29, 0.717) is 13.0 Å². The Labute approximate surface area is 107 Å². The van der Waals surface area contributed by atoms with Gasteiger partial charge in [0.15, 0.2) is 17.7 Å². The molecule has 4 heteroatoms. The zero-order valence-corrected chi connectivity index (χ0v) is 10.9. The van der Waals surface area contributed by atoms with Gasteiger partial charge in [0.2, 0.25) is 0 Å². The van der Waals surface area contributed by atoms with Gasteiger partial charge in [0, 0.05) is 6.54 Å². The SMILES string of the molecule is CCCCNC(=O)C(CC)Oc1ccccc1F. The quantitative estimate of drug-likeness (QED) is 0.759. The molecule has 0 heterocycles. The Bertz CT molecular complexity index is 382. The molecule has 0 bridgehead atoms. The zero-order chi connectivity index (χ0) is 13.4. The fourth-order valence-corrected chi connectivity index (χ4v) is 1.52. The van der Waals surface area contributed by atoms with E-state index in [2.05, 4.69) is 12.2 Å². The van der Waals surface area contributed by atoms with Crippen LogP contribution in [0.2, 0.25) is 0 Å². The highest BCUT2D eigenvalue weighted by molar-refractivity contribution is 5.81. The third-order valence-electron chi connectivity index (χ3n) is 2.60. The molecule has 0 saturated heterocycles. The highest BCUT2D eigenvalue weighted by Crippen LogP contribution is 2.18. The molecular weight excluding hydrogens is 233 g/mol. The van der Waals surface area contributed by atoms with Crippen molar-refractivity contribution in [3.8, 4) is 5.75 Å². The highest BCUT2D eigenvalue weighted by Gasteiger charge is 2.18. The van der Waals surface area contributed by atoms with Crippen LogP contribution in [0.3, 0.4) is 0 Å². The van der Waals surface area contributed by atoms with Gasteiger partial charge >= 0.3 is 0 Å². The third kappa shape index (κ3) is 4.35. The van der Waals surface area contributed by atoms with Crippen LogP contribution in [-0.4, -0.2) is 18.6 Å². The summed E-state index contributed by atoms with van der Waals surface area (Å²) in [6.07, 6.45) is 1.82. The van der Waals surface area contributed by atoms with Gasteiger partial charge < -0.3 is 10.1 Å². The second-order valence-corrected chi connectivity index (χ2v) is 4.09. The predicted octanol–water partition coefficient (Wildman–Crippen LogP) is 2.90. The monoisotopic (exact) mass is 253 g/mol. The van der Waals surface area contributed by atoms with Gasteiger partial charge in [0.05, 0.1) is 0 Å². The topological polar surface area (TPSA) is 38.3 Å². The summed E-state index contributed by atoms with van der Waals surface area (Å²) < 4.78 is 18.8. The van der Waals surface area contributed by atoms with Gasteiger partial charge in [-0.15, -0.1) is 0 Å². The minimum Gasteiger partial charge on any atom is -0.478 e. The number of carbonyl (C=O) groups is 1. The maximum absolute atomic E-state index is 13.4. The molecule has 1 unspecified atom stereocenters. The Morgan fingerprint density at radius 1 is 1.39 bits per heavy atom. The van der Waals surface area contributed by atoms with E-state index < -0.39 is 11.9 Å². The van der Waals surface area contributed by atoms with Crippen molar-refractivity contribution in [1.82, 2.24) is 5.32 Å². The summed E-state index contributed by atoms with van der Waals surface area (Å²) >= 11 is 0. The fourth-order valence-electron chi connectivity index (χ4n) is 1.52. The van der Waals surface area contributed by atoms with Crippen molar-refractivity contribution < 1.29 is 13.9 Å². The van der Waals surface area contributed by atoms with Crippen molar-refractivity contribution in [3.05, 3.63) is 30.1 Å². The smallest absolute Gasteiger partial charge is 0.261 e. The Hall–Kier alpha value is -1.58. The van der Waals surface area contributed by atoms with Gasteiger partial charge in [0.1, 0.15) is 0 Å². The number of amides is 1. The number of hydrogen-bond acceptors (Lipinski definition) is 2. The van der Waals surface area contributed by atoms with Gasteiger partial charge in [0.25, 0.3) is 5.91 Å². The largest absolute Gasteiger partial charge is 0.478 e. The van der Waals surface area contributed by atoms with E-state index in [1.54, 1.807) is 12.1 Å². The molecule has 0 fully saturated rings. The van der Waals surface area contributed by atoms with Crippen LogP contribution in [0.4, 0.5) is 4.39 Å². The van der Waals surface area contributed by atoms with Crippen LogP contribution in [0.25, 0.3) is 0 Å². The molecule has 0 spiro atoms. The van der Waals surface area contributed by atoms with Gasteiger partial charge in [-0.3, -0.25) is 4.79 Å². The molecule has 1 atom stereocenters. The summed E-state index contributed by atoms with van der Waals surface area (Å²) in [6.45, 7) is 4.52. The standard InChI is InChI=1S/C14H20FNO2/c1-3-5-10-16-14(17)12(4-2)18-13-9-7-6-8-11(13)15/h6-9,12H,3-5,10H2,1-2H3,(H,16,17). The Balaban J connectivity index is 2.56. The fraction of sp³-hybridized carbons (Fsp3) is 0.500. The molecule has 1 amide bonds. The molecule has 0 aliphatic rings. The van der Waals surface area contributed by atoms with Crippen molar-refractivity contribution in [2.75, 3.05) is 6.54 Å². The lowest BCUT2D eigenvalue weighted by Gasteiger charge is -2.17. The van der Waals surface area contributed by atoms with Gasteiger partial charge in [-0.1, -0.05) is 32.4 Å². The summed E-state index contributed by atoms with van der Waals surface area (Å²) in [5.74, 6) is -0.512. The summed E-state index contributed by atoms with van der Waals surface area (Å²) in [4.78, 5) is 11.8. The second-order valence-electron chi connectivity index (χ2n) is 4.09. The maximum Gasteiger partial charge on any atom is 0.261 e. The lowest BCUT2D eigenvalue weighted by molar-refractivity contribution is -0.128. The summed E-state index contributed by atoms with van der Waals surface area (Å²) in [5.41, 5.74) is 0. The van der Waals surface area contributed by atoms with E-state index in [0.717, 1.165) is 12.8 Å². The molecule has 18 heavy (non-hydrogen) atoms. The van der Waals surface area contributed by atoms with Gasteiger partial charge in [-0.05, 0) is 25.0 Å². The molecule has 0 aliphatic carbocycles. The normalized spacial score (nSPS) is 11.9. The number of ether oxygens (including phenoxy) is 1. The summed E-state index contributed by atoms with van der Waals surface area (Å²) in [7, 11) is 0. The van der Waals surface area contributed by atoms with Crippen molar-refractivity contribution in [3.63, 3.8) is 0 Å². The molecule has 0 aliphatic heterocycles. The van der Waals surface area contributed by atoms with E-state index in [1.807, 2.05) is 6.92 Å². The molecule has 1 N–H and O–H groups in total. The minimum atomic E-state index is -0.640. The number of benzene rings is 1. The Morgan fingerprint density at radius 3 is 2.72 bits per heavy atom. The van der Waals surface area contributed by atoms with E-state index in [1.165, 1.54) is 12.1 Å². The Morgan fingerprint density at radius 2 is 2.11 bits per heavy atom. The molecule has 1 rings (SSSR count). The molecule has 3 nitrogen and oxygen atoms in total. The van der Waals surface area contributed by atoms with Crippen LogP contribution in [0.1, 0.15) is 33.1 Å². The first-order chi connectivity index (χ1) is 8.69. The van der Waals surface area contributed by atoms with Gasteiger partial charge in [-0.2, -0.15) is 0 Å². The summed E-state index contributed by atoms with van der Waals surface area (Å²) in [6, 6.07) is 6.11. The van der Waals surface area contributed by atoms with E-state index in [-0.39, 0.29) is 11.7 Å². The van der Waals surface area contributed by atoms with Crippen LogP contribution < -0.4 is 10.1 Å². The highest BCUT2D eigenvalue weighted by atomic mass is 19.1. The van der Waals surface area contributed by atoms with E-state index in [4.69, 9.17) is 4.74 Å². The summed E-state index contributed by atoms with van der Waals surface area (Å²) in [5, 5.41) is 2.79. The second kappa shape index (κ2) is 7.69. The van der Waals surface area contributed by atoms with Crippen LogP contribution in [0.15, 0.2) is 24.3 Å². The first-order valence-corrected chi connectivity index (χ1v) is 6.37. The average Bonchev–Trinajstić information content (AvgIpc) is 2.38. The molecule has 0 aromatic heterocycles. The van der Waals surface area contributed by atoms with E-state index >= 15 is 0 Å². The Kier molecular flexibility index (Phi) is 6.19. The molecule has 100 valence electrons. The maximum atomic E-state index is 13.4. The first kappa shape index (κ1) is 14.5. The number of halogens is 1. The molecular formula is C14H20FNO2. The number of nitrogens with one attached hydrogen (secondary N) is 1. The van der Waals surface area contributed by atoms with Crippen LogP contribution in [-0.2, 0) is 4.79 Å². The average molecular weight is 253 g/mol.